The molecule has 1 amide bonds. The van der Waals surface area contributed by atoms with Crippen LogP contribution in [0.15, 0.2) is 34.3 Å². The van der Waals surface area contributed by atoms with Crippen molar-refractivity contribution in [3.8, 4) is 5.75 Å². The third-order valence-electron chi connectivity index (χ3n) is 3.56. The number of carbonyl (C=O) groups is 1. The zero-order chi connectivity index (χ0) is 17.6. The first-order valence-electron chi connectivity index (χ1n) is 7.59. The predicted molar refractivity (Wildman–Crippen MR) is 88.6 cm³/mol. The molecule has 0 saturated carbocycles. The van der Waals surface area contributed by atoms with Gasteiger partial charge in [0.25, 0.3) is 10.0 Å². The van der Waals surface area contributed by atoms with E-state index in [1.165, 1.54) is 19.2 Å². The van der Waals surface area contributed by atoms with E-state index in [0.717, 1.165) is 0 Å². The van der Waals surface area contributed by atoms with Crippen LogP contribution in [0.2, 0.25) is 0 Å². The number of nitrogens with zero attached hydrogens (tertiary/aromatic N) is 2. The molecule has 9 heteroatoms. The molecule has 1 N–H and O–H groups in total. The van der Waals surface area contributed by atoms with Crippen molar-refractivity contribution < 1.29 is 22.7 Å². The second-order valence-corrected chi connectivity index (χ2v) is 6.80. The quantitative estimate of drug-likeness (QED) is 0.809. The summed E-state index contributed by atoms with van der Waals surface area (Å²) in [6, 6.07) is 6.04. The first kappa shape index (κ1) is 18.1. The molecule has 8 nitrogen and oxygen atoms in total. The molecule has 2 rings (SSSR count). The van der Waals surface area contributed by atoms with Crippen molar-refractivity contribution in [2.75, 3.05) is 26.8 Å². The Hall–Kier alpha value is -2.29. The molecule has 1 aromatic carbocycles. The molecule has 1 aliphatic heterocycles. The highest BCUT2D eigenvalue weighted by atomic mass is 32.2. The van der Waals surface area contributed by atoms with Gasteiger partial charge in [0.05, 0.1) is 18.6 Å². The summed E-state index contributed by atoms with van der Waals surface area (Å²) in [7, 11) is -2.21. The molecule has 0 aliphatic carbocycles. The van der Waals surface area contributed by atoms with Crippen LogP contribution in [0.25, 0.3) is 0 Å². The van der Waals surface area contributed by atoms with Gasteiger partial charge >= 0.3 is 6.09 Å². The number of methoxy groups -OCH3 is 1. The molecular weight excluding hydrogens is 334 g/mol. The van der Waals surface area contributed by atoms with Crippen molar-refractivity contribution >= 4 is 21.8 Å². The molecule has 0 unspecified atom stereocenters. The average Bonchev–Trinajstić information content (AvgIpc) is 2.61. The first-order chi connectivity index (χ1) is 11.5. The fourth-order valence-electron chi connectivity index (χ4n) is 2.21. The molecular formula is C15H21N3O5S. The number of amides is 1. The van der Waals surface area contributed by atoms with Crippen LogP contribution >= 0.6 is 0 Å². The minimum atomic E-state index is -3.72. The van der Waals surface area contributed by atoms with Crippen molar-refractivity contribution in [1.82, 2.24) is 9.73 Å². The van der Waals surface area contributed by atoms with Gasteiger partial charge in [0, 0.05) is 31.6 Å². The lowest BCUT2D eigenvalue weighted by atomic mass is 10.1. The second kappa shape index (κ2) is 8.00. The zero-order valence-electron chi connectivity index (χ0n) is 13.7. The van der Waals surface area contributed by atoms with Gasteiger partial charge in [-0.1, -0.05) is 0 Å². The van der Waals surface area contributed by atoms with E-state index >= 15 is 0 Å². The first-order valence-corrected chi connectivity index (χ1v) is 9.07. The average molecular weight is 355 g/mol. The topological polar surface area (TPSA) is 97.3 Å². The van der Waals surface area contributed by atoms with Gasteiger partial charge in [-0.25, -0.2) is 9.63 Å². The number of rotatable bonds is 5. The standard InChI is InChI=1S/C15H21N3O5S/c1-3-23-15(19)18-10-8-12(9-11-18)16-17-24(20,21)14-6-4-13(22-2)5-7-14/h4-7,17H,3,8-11H2,1-2H3. The van der Waals surface area contributed by atoms with Gasteiger partial charge in [0.2, 0.25) is 0 Å². The number of hydrogen-bond acceptors (Lipinski definition) is 6. The molecule has 1 heterocycles. The fourth-order valence-corrected chi connectivity index (χ4v) is 3.06. The summed E-state index contributed by atoms with van der Waals surface area (Å²) in [4.78, 5) is 15.5. The summed E-state index contributed by atoms with van der Waals surface area (Å²) in [6.07, 6.45) is 0.656. The number of likely N-dealkylation sites (tertiary alicyclic amines) is 1. The second-order valence-electron chi connectivity index (χ2n) is 5.13. The van der Waals surface area contributed by atoms with Crippen LogP contribution in [0.4, 0.5) is 4.79 Å². The Kier molecular flexibility index (Phi) is 6.02. The highest BCUT2D eigenvalue weighted by molar-refractivity contribution is 7.89. The number of nitrogens with one attached hydrogen (secondary N) is 1. The van der Waals surface area contributed by atoms with Gasteiger partial charge in [0.1, 0.15) is 5.75 Å². The van der Waals surface area contributed by atoms with Gasteiger partial charge in [-0.3, -0.25) is 0 Å². The van der Waals surface area contributed by atoms with Crippen molar-refractivity contribution in [1.29, 1.82) is 0 Å². The van der Waals surface area contributed by atoms with E-state index in [9.17, 15) is 13.2 Å². The van der Waals surface area contributed by atoms with E-state index in [0.29, 0.717) is 44.0 Å². The molecule has 24 heavy (non-hydrogen) atoms. The largest absolute Gasteiger partial charge is 0.497 e. The lowest BCUT2D eigenvalue weighted by Crippen LogP contribution is -2.39. The number of hydrogen-bond donors (Lipinski definition) is 1. The number of carbonyl (C=O) groups excluding carboxylic acids is 1. The van der Waals surface area contributed by atoms with Crippen LogP contribution < -0.4 is 9.57 Å². The molecule has 132 valence electrons. The summed E-state index contributed by atoms with van der Waals surface area (Å²) >= 11 is 0. The highest BCUT2D eigenvalue weighted by Crippen LogP contribution is 2.15. The summed E-state index contributed by atoms with van der Waals surface area (Å²) in [6.45, 7) is 3.00. The Morgan fingerprint density at radius 3 is 2.42 bits per heavy atom. The molecule has 0 bridgehead atoms. The van der Waals surface area contributed by atoms with Crippen molar-refractivity contribution in [2.24, 2.45) is 5.10 Å². The molecule has 0 spiro atoms. The fraction of sp³-hybridized carbons (Fsp3) is 0.467. The number of piperidine rings is 1. The molecule has 1 fully saturated rings. The minimum absolute atomic E-state index is 0.108. The lowest BCUT2D eigenvalue weighted by Gasteiger charge is -2.26. The monoisotopic (exact) mass is 355 g/mol. The molecule has 0 aromatic heterocycles. The Bertz CT molecular complexity index is 690. The summed E-state index contributed by atoms with van der Waals surface area (Å²) in [5.41, 5.74) is 0.702. The van der Waals surface area contributed by atoms with Crippen LogP contribution in [0.1, 0.15) is 19.8 Å². The van der Waals surface area contributed by atoms with Crippen molar-refractivity contribution in [3.63, 3.8) is 0 Å². The predicted octanol–water partition coefficient (Wildman–Crippen LogP) is 1.58. The Labute approximate surface area is 141 Å². The van der Waals surface area contributed by atoms with Crippen molar-refractivity contribution in [3.05, 3.63) is 24.3 Å². The van der Waals surface area contributed by atoms with E-state index in [2.05, 4.69) is 9.93 Å². The van der Waals surface area contributed by atoms with E-state index < -0.39 is 10.0 Å². The summed E-state index contributed by atoms with van der Waals surface area (Å²) in [5.74, 6) is 0.576. The van der Waals surface area contributed by atoms with E-state index in [-0.39, 0.29) is 11.0 Å². The van der Waals surface area contributed by atoms with Crippen LogP contribution in [0, 0.1) is 0 Å². The summed E-state index contributed by atoms with van der Waals surface area (Å²) in [5, 5.41) is 3.98. The Morgan fingerprint density at radius 2 is 1.88 bits per heavy atom. The maximum absolute atomic E-state index is 12.2. The van der Waals surface area contributed by atoms with E-state index in [4.69, 9.17) is 9.47 Å². The van der Waals surface area contributed by atoms with Gasteiger partial charge < -0.3 is 14.4 Å². The maximum Gasteiger partial charge on any atom is 0.409 e. The van der Waals surface area contributed by atoms with Crippen molar-refractivity contribution in [2.45, 2.75) is 24.7 Å². The van der Waals surface area contributed by atoms with Gasteiger partial charge in [0.15, 0.2) is 0 Å². The zero-order valence-corrected chi connectivity index (χ0v) is 14.5. The number of sulfonamides is 1. The smallest absolute Gasteiger partial charge is 0.409 e. The third kappa shape index (κ3) is 4.60. The van der Waals surface area contributed by atoms with E-state index in [1.54, 1.807) is 24.0 Å². The molecule has 1 aromatic rings. The van der Waals surface area contributed by atoms with Crippen LogP contribution in [0.5, 0.6) is 5.75 Å². The number of benzene rings is 1. The SMILES string of the molecule is CCOC(=O)N1CCC(=NNS(=O)(=O)c2ccc(OC)cc2)CC1. The number of ether oxygens (including phenoxy) is 2. The molecule has 0 atom stereocenters. The Morgan fingerprint density at radius 1 is 1.25 bits per heavy atom. The van der Waals surface area contributed by atoms with Crippen LogP contribution in [0.3, 0.4) is 0 Å². The Balaban J connectivity index is 1.94. The molecule has 1 aliphatic rings. The van der Waals surface area contributed by atoms with Gasteiger partial charge in [-0.05, 0) is 31.2 Å². The van der Waals surface area contributed by atoms with Crippen LogP contribution in [-0.4, -0.2) is 51.9 Å². The van der Waals surface area contributed by atoms with Crippen LogP contribution in [-0.2, 0) is 14.8 Å². The highest BCUT2D eigenvalue weighted by Gasteiger charge is 2.21. The lowest BCUT2D eigenvalue weighted by molar-refractivity contribution is 0.107. The van der Waals surface area contributed by atoms with E-state index in [1.807, 2.05) is 0 Å². The number of hydrazone groups is 1. The third-order valence-corrected chi connectivity index (χ3v) is 4.78. The molecule has 0 radical (unpaired) electrons. The minimum Gasteiger partial charge on any atom is -0.497 e. The van der Waals surface area contributed by atoms with Gasteiger partial charge in [-0.2, -0.15) is 13.5 Å². The maximum atomic E-state index is 12.2. The normalized spacial score (nSPS) is 14.9. The molecule has 1 saturated heterocycles. The summed E-state index contributed by atoms with van der Waals surface area (Å²) < 4.78 is 34.3. The van der Waals surface area contributed by atoms with Gasteiger partial charge in [-0.15, -0.1) is 0 Å².